The molecule has 2 heterocycles. The van der Waals surface area contributed by atoms with Gasteiger partial charge in [-0.15, -0.1) is 0 Å². The molecular formula is C23H27N3O4. The van der Waals surface area contributed by atoms with Crippen molar-refractivity contribution >= 4 is 17.5 Å². The van der Waals surface area contributed by atoms with E-state index in [4.69, 9.17) is 9.47 Å². The quantitative estimate of drug-likeness (QED) is 0.767. The fraction of sp³-hybridized carbons (Fsp3) is 0.391. The minimum Gasteiger partial charge on any atom is -0.454 e. The smallest absolute Gasteiger partial charge is 0.234 e. The Morgan fingerprint density at radius 3 is 2.77 bits per heavy atom. The SMILES string of the molecule is C[C@H](NC(=O)CN1CCC[C@H](C(=O)Nc2ccccc2)C1)c1ccc2c(c1)OCO2. The number of carbonyl (C=O) groups is 2. The zero-order chi connectivity index (χ0) is 20.9. The van der Waals surface area contributed by atoms with Gasteiger partial charge >= 0.3 is 0 Å². The highest BCUT2D eigenvalue weighted by molar-refractivity contribution is 5.92. The Labute approximate surface area is 176 Å². The van der Waals surface area contributed by atoms with Gasteiger partial charge < -0.3 is 20.1 Å². The molecule has 0 radical (unpaired) electrons. The molecule has 1 fully saturated rings. The molecule has 2 aromatic carbocycles. The number of nitrogens with one attached hydrogen (secondary N) is 2. The van der Waals surface area contributed by atoms with Crippen LogP contribution in [-0.2, 0) is 9.59 Å². The van der Waals surface area contributed by atoms with Crippen LogP contribution in [0.3, 0.4) is 0 Å². The Bertz CT molecular complexity index is 903. The topological polar surface area (TPSA) is 79.9 Å². The van der Waals surface area contributed by atoms with Crippen LogP contribution >= 0.6 is 0 Å². The summed E-state index contributed by atoms with van der Waals surface area (Å²) in [6, 6.07) is 15.0. The summed E-state index contributed by atoms with van der Waals surface area (Å²) in [5.41, 5.74) is 1.77. The lowest BCUT2D eigenvalue weighted by Gasteiger charge is -2.31. The lowest BCUT2D eigenvalue weighted by atomic mass is 9.97. The summed E-state index contributed by atoms with van der Waals surface area (Å²) in [6.07, 6.45) is 1.74. The minimum atomic E-state index is -0.144. The first kappa shape index (κ1) is 20.2. The van der Waals surface area contributed by atoms with Crippen molar-refractivity contribution in [2.45, 2.75) is 25.8 Å². The second-order valence-electron chi connectivity index (χ2n) is 7.83. The number of ether oxygens (including phenoxy) is 2. The maximum absolute atomic E-state index is 12.6. The van der Waals surface area contributed by atoms with Crippen molar-refractivity contribution in [3.63, 3.8) is 0 Å². The molecule has 0 unspecified atom stereocenters. The molecule has 0 aliphatic carbocycles. The summed E-state index contributed by atoms with van der Waals surface area (Å²) in [7, 11) is 0. The molecular weight excluding hydrogens is 382 g/mol. The van der Waals surface area contributed by atoms with Crippen LogP contribution in [0.4, 0.5) is 5.69 Å². The normalized spacial score (nSPS) is 19.2. The van der Waals surface area contributed by atoms with Gasteiger partial charge in [0.05, 0.1) is 18.5 Å². The second-order valence-corrected chi connectivity index (χ2v) is 7.83. The molecule has 0 saturated carbocycles. The molecule has 30 heavy (non-hydrogen) atoms. The molecule has 2 aliphatic rings. The van der Waals surface area contributed by atoms with Gasteiger partial charge in [0.25, 0.3) is 0 Å². The number of hydrogen-bond donors (Lipinski definition) is 2. The fourth-order valence-corrected chi connectivity index (χ4v) is 3.93. The first-order valence-corrected chi connectivity index (χ1v) is 10.4. The first-order chi connectivity index (χ1) is 14.6. The molecule has 7 nitrogen and oxygen atoms in total. The lowest BCUT2D eigenvalue weighted by molar-refractivity contribution is -0.126. The Morgan fingerprint density at radius 1 is 1.13 bits per heavy atom. The van der Waals surface area contributed by atoms with E-state index in [0.29, 0.717) is 12.3 Å². The van der Waals surface area contributed by atoms with Crippen LogP contribution in [0.25, 0.3) is 0 Å². The van der Waals surface area contributed by atoms with Crippen LogP contribution in [0.1, 0.15) is 31.4 Å². The molecule has 2 atom stereocenters. The number of para-hydroxylation sites is 1. The standard InChI is InChI=1S/C23H27N3O4/c1-16(17-9-10-20-21(12-17)30-15-29-20)24-22(27)14-26-11-5-6-18(13-26)23(28)25-19-7-3-2-4-8-19/h2-4,7-10,12,16,18H,5-6,11,13-15H2,1H3,(H,24,27)(H,25,28)/t16-,18-/m0/s1. The Balaban J connectivity index is 1.28. The fourth-order valence-electron chi connectivity index (χ4n) is 3.93. The van der Waals surface area contributed by atoms with Crippen LogP contribution in [0.15, 0.2) is 48.5 Å². The number of likely N-dealkylation sites (tertiary alicyclic amines) is 1. The number of nitrogens with zero attached hydrogens (tertiary/aromatic N) is 1. The largest absolute Gasteiger partial charge is 0.454 e. The second kappa shape index (κ2) is 9.17. The predicted octanol–water partition coefficient (Wildman–Crippen LogP) is 2.94. The van der Waals surface area contributed by atoms with E-state index in [1.165, 1.54) is 0 Å². The summed E-state index contributed by atoms with van der Waals surface area (Å²) in [5.74, 6) is 1.28. The van der Waals surface area contributed by atoms with Crippen LogP contribution in [0.2, 0.25) is 0 Å². The third kappa shape index (κ3) is 4.91. The number of piperidine rings is 1. The summed E-state index contributed by atoms with van der Waals surface area (Å²) in [5, 5.41) is 6.01. The minimum absolute atomic E-state index is 0.0139. The molecule has 1 saturated heterocycles. The maximum atomic E-state index is 12.6. The third-order valence-corrected chi connectivity index (χ3v) is 5.56. The zero-order valence-corrected chi connectivity index (χ0v) is 17.1. The number of carbonyl (C=O) groups excluding carboxylic acids is 2. The van der Waals surface area contributed by atoms with Gasteiger partial charge in [-0.05, 0) is 56.1 Å². The summed E-state index contributed by atoms with van der Waals surface area (Å²) in [4.78, 5) is 27.2. The monoisotopic (exact) mass is 409 g/mol. The first-order valence-electron chi connectivity index (χ1n) is 10.4. The van der Waals surface area contributed by atoms with Crippen molar-refractivity contribution in [2.24, 2.45) is 5.92 Å². The van der Waals surface area contributed by atoms with Gasteiger partial charge in [-0.3, -0.25) is 14.5 Å². The maximum Gasteiger partial charge on any atom is 0.234 e. The molecule has 2 aliphatic heterocycles. The predicted molar refractivity (Wildman–Crippen MR) is 113 cm³/mol. The van der Waals surface area contributed by atoms with Gasteiger partial charge in [0.1, 0.15) is 0 Å². The van der Waals surface area contributed by atoms with Gasteiger partial charge in [-0.2, -0.15) is 0 Å². The molecule has 158 valence electrons. The van der Waals surface area contributed by atoms with E-state index in [1.54, 1.807) is 0 Å². The van der Waals surface area contributed by atoms with Gasteiger partial charge in [-0.1, -0.05) is 24.3 Å². The van der Waals surface area contributed by atoms with Crippen LogP contribution < -0.4 is 20.1 Å². The summed E-state index contributed by atoms with van der Waals surface area (Å²) in [6.45, 7) is 3.87. The Kier molecular flexibility index (Phi) is 6.18. The molecule has 2 N–H and O–H groups in total. The van der Waals surface area contributed by atoms with Gasteiger partial charge in [0.15, 0.2) is 11.5 Å². The highest BCUT2D eigenvalue weighted by atomic mass is 16.7. The van der Waals surface area contributed by atoms with Crippen molar-refractivity contribution in [3.05, 3.63) is 54.1 Å². The Hall–Kier alpha value is -3.06. The van der Waals surface area contributed by atoms with E-state index < -0.39 is 0 Å². The summed E-state index contributed by atoms with van der Waals surface area (Å²) < 4.78 is 10.7. The molecule has 0 spiro atoms. The lowest BCUT2D eigenvalue weighted by Crippen LogP contribution is -2.45. The van der Waals surface area contributed by atoms with E-state index in [1.807, 2.05) is 55.5 Å². The number of benzene rings is 2. The van der Waals surface area contributed by atoms with Gasteiger partial charge in [0.2, 0.25) is 18.6 Å². The molecule has 2 amide bonds. The highest BCUT2D eigenvalue weighted by Crippen LogP contribution is 2.34. The molecule has 7 heteroatoms. The number of amides is 2. The van der Waals surface area contributed by atoms with Crippen molar-refractivity contribution in [2.75, 3.05) is 31.7 Å². The number of anilines is 1. The Morgan fingerprint density at radius 2 is 1.93 bits per heavy atom. The van der Waals surface area contributed by atoms with Gasteiger partial charge in [-0.25, -0.2) is 0 Å². The third-order valence-electron chi connectivity index (χ3n) is 5.56. The number of rotatable bonds is 6. The molecule has 0 bridgehead atoms. The van der Waals surface area contributed by atoms with Crippen molar-refractivity contribution in [1.29, 1.82) is 0 Å². The average Bonchev–Trinajstić information content (AvgIpc) is 3.22. The highest BCUT2D eigenvalue weighted by Gasteiger charge is 2.27. The van der Waals surface area contributed by atoms with Crippen molar-refractivity contribution in [1.82, 2.24) is 10.2 Å². The van der Waals surface area contributed by atoms with Crippen LogP contribution in [-0.4, -0.2) is 43.1 Å². The summed E-state index contributed by atoms with van der Waals surface area (Å²) >= 11 is 0. The van der Waals surface area contributed by atoms with E-state index in [-0.39, 0.29) is 37.1 Å². The number of fused-ring (bicyclic) bond motifs is 1. The van der Waals surface area contributed by atoms with E-state index in [0.717, 1.165) is 36.4 Å². The average molecular weight is 409 g/mol. The van der Waals surface area contributed by atoms with E-state index in [9.17, 15) is 9.59 Å². The van der Waals surface area contributed by atoms with Gasteiger partial charge in [0, 0.05) is 12.2 Å². The van der Waals surface area contributed by atoms with Crippen LogP contribution in [0, 0.1) is 5.92 Å². The van der Waals surface area contributed by atoms with Crippen molar-refractivity contribution in [3.8, 4) is 11.5 Å². The van der Waals surface area contributed by atoms with E-state index >= 15 is 0 Å². The van der Waals surface area contributed by atoms with Crippen molar-refractivity contribution < 1.29 is 19.1 Å². The molecule has 4 rings (SSSR count). The number of hydrogen-bond acceptors (Lipinski definition) is 5. The molecule has 2 aromatic rings. The molecule has 0 aromatic heterocycles. The van der Waals surface area contributed by atoms with Crippen LogP contribution in [0.5, 0.6) is 11.5 Å². The van der Waals surface area contributed by atoms with E-state index in [2.05, 4.69) is 15.5 Å². The zero-order valence-electron chi connectivity index (χ0n) is 17.1.